The molecule has 8 heterocycles. The molecule has 752 valence electrons. The van der Waals surface area contributed by atoms with Gasteiger partial charge in [-0.1, -0.05) is 223 Å². The molecule has 2 atom stereocenters. The number of piperidine rings is 4. The van der Waals surface area contributed by atoms with Gasteiger partial charge in [-0.2, -0.15) is 15.8 Å². The first kappa shape index (κ1) is 105. The number of amides is 4. The fourth-order valence-electron chi connectivity index (χ4n) is 21.9. The number of nitrogens with one attached hydrogen (secondary N) is 6. The van der Waals surface area contributed by atoms with Crippen LogP contribution in [0.5, 0.6) is 0 Å². The van der Waals surface area contributed by atoms with Crippen LogP contribution < -0.4 is 31.9 Å². The normalized spacial score (nSPS) is 18.7. The van der Waals surface area contributed by atoms with E-state index in [0.29, 0.717) is 81.7 Å². The second kappa shape index (κ2) is 47.6. The molecule has 6 aliphatic heterocycles. The zero-order valence-corrected chi connectivity index (χ0v) is 85.7. The molecule has 2 saturated carbocycles. The third-order valence-electron chi connectivity index (χ3n) is 30.4. The van der Waals surface area contributed by atoms with Crippen LogP contribution in [0.25, 0.3) is 44.5 Å². The van der Waals surface area contributed by atoms with Gasteiger partial charge in [0.05, 0.1) is 86.4 Å². The Morgan fingerprint density at radius 1 is 0.445 bits per heavy atom. The third kappa shape index (κ3) is 25.3. The van der Waals surface area contributed by atoms with Crippen molar-refractivity contribution in [2.24, 2.45) is 5.92 Å². The number of hydrogen-bond donors (Lipinski definition) is 6. The van der Waals surface area contributed by atoms with E-state index in [1.807, 2.05) is 109 Å². The lowest BCUT2D eigenvalue weighted by Crippen LogP contribution is -2.65. The molecule has 23 nitrogen and oxygen atoms in total. The fraction of sp³-hybridized carbons (Fsp3) is 0.336. The average molecular weight is 2060 g/mol. The van der Waals surface area contributed by atoms with E-state index in [1.54, 1.807) is 36.5 Å². The molecule has 2 aliphatic carbocycles. The minimum atomic E-state index is -3.34. The van der Waals surface area contributed by atoms with Crippen LogP contribution in [0, 0.1) is 51.5 Å². The van der Waals surface area contributed by atoms with Crippen molar-refractivity contribution in [1.29, 1.82) is 15.8 Å². The lowest BCUT2D eigenvalue weighted by Gasteiger charge is -2.56. The lowest BCUT2D eigenvalue weighted by atomic mass is 9.75. The van der Waals surface area contributed by atoms with Crippen LogP contribution in [0.4, 0.5) is 31.8 Å². The van der Waals surface area contributed by atoms with Crippen molar-refractivity contribution in [2.75, 3.05) is 120 Å². The minimum absolute atomic E-state index is 0.00389. The number of aromatic nitrogens is 2. The maximum absolute atomic E-state index is 13.5. The Kier molecular flexibility index (Phi) is 34.2. The highest BCUT2D eigenvalue weighted by atomic mass is 35.5. The van der Waals surface area contributed by atoms with Crippen LogP contribution in [0.2, 0.25) is 20.1 Å². The van der Waals surface area contributed by atoms with Crippen LogP contribution in [0.3, 0.4) is 0 Å². The summed E-state index contributed by atoms with van der Waals surface area (Å²) in [5, 5.41) is 47.4. The number of nitriles is 3. The van der Waals surface area contributed by atoms with Crippen LogP contribution in [-0.2, 0) is 51.4 Å². The maximum atomic E-state index is 13.5. The maximum Gasteiger partial charge on any atom is 0.242 e. The number of likely N-dealkylation sites (tertiary alicyclic amines) is 4. The molecule has 4 amide bonds. The van der Waals surface area contributed by atoms with Crippen molar-refractivity contribution in [3.63, 3.8) is 0 Å². The van der Waals surface area contributed by atoms with E-state index in [4.69, 9.17) is 46.4 Å². The molecule has 8 aliphatic rings. The number of halogens is 6. The Hall–Kier alpha value is -12.5. The van der Waals surface area contributed by atoms with Gasteiger partial charge in [0.2, 0.25) is 33.7 Å². The summed E-state index contributed by atoms with van der Waals surface area (Å²) in [6.45, 7) is 9.80. The molecule has 30 heteroatoms. The van der Waals surface area contributed by atoms with Crippen molar-refractivity contribution in [3.8, 4) is 62.7 Å². The van der Waals surface area contributed by atoms with E-state index in [1.165, 1.54) is 126 Å². The molecule has 0 spiro atoms. The zero-order valence-electron chi connectivity index (χ0n) is 81.8. The fourth-order valence-corrected chi connectivity index (χ4v) is 23.4. The summed E-state index contributed by atoms with van der Waals surface area (Å²) in [4.78, 5) is 72.7. The van der Waals surface area contributed by atoms with E-state index in [0.717, 1.165) is 149 Å². The average Bonchev–Trinajstić information content (AvgIpc) is 0.929. The topological polar surface area (TPSA) is 291 Å². The first-order valence-electron chi connectivity index (χ1n) is 50.1. The molecule has 10 aromatic carbocycles. The van der Waals surface area contributed by atoms with Crippen LogP contribution >= 0.6 is 46.4 Å². The SMILES string of the molecule is CN(CC(=O)Nc1ccc(F)c(Cl)c1)C1(c2ccc(-c3cccc(C#N)c3)cc2)CCN(S(C)(=O)=O)CC1.N#Cc1cccc(-c2ccc(C3(N4CCC4C(=O)Nc4ccc(Cl)cn4)CCN(CC4CC4)CC3)cc2)c1.N#Cc1cccc(-c2ccc(C3(N4CCC4C(=O)Nc4ccc(Cl)cn4)CCNCC3)cc2)c1.O=C(CNC1(c2ccc(-c3ccccc3)cc2)CCN(C2CCCC2)CC1)Nc1ccc(F)c(Cl)c1. The highest BCUT2D eigenvalue weighted by Gasteiger charge is 2.53. The van der Waals surface area contributed by atoms with Crippen LogP contribution in [-0.4, -0.2) is 187 Å². The molecular weight excluding hydrogens is 1940 g/mol. The summed E-state index contributed by atoms with van der Waals surface area (Å²) in [6.07, 6.45) is 20.7. The molecule has 0 radical (unpaired) electrons. The highest BCUT2D eigenvalue weighted by Crippen LogP contribution is 2.49. The summed E-state index contributed by atoms with van der Waals surface area (Å²) in [6, 6.07) is 89.4. The van der Waals surface area contributed by atoms with Gasteiger partial charge in [0.15, 0.2) is 0 Å². The highest BCUT2D eigenvalue weighted by molar-refractivity contribution is 7.88. The molecule has 12 aromatic rings. The summed E-state index contributed by atoms with van der Waals surface area (Å²) >= 11 is 23.6. The Balaban J connectivity index is 0.000000133. The number of hydrogen-bond acceptors (Lipinski definition) is 18. The number of likely N-dealkylation sites (N-methyl/N-ethyl adjacent to an activating group) is 1. The van der Waals surface area contributed by atoms with E-state index in [2.05, 4.69) is 177 Å². The monoisotopic (exact) mass is 2060 g/mol. The molecule has 8 fully saturated rings. The van der Waals surface area contributed by atoms with Crippen LogP contribution in [0.15, 0.2) is 273 Å². The predicted molar refractivity (Wildman–Crippen MR) is 574 cm³/mol. The summed E-state index contributed by atoms with van der Waals surface area (Å²) in [7, 11) is -1.49. The van der Waals surface area contributed by atoms with Crippen LogP contribution in [0.1, 0.15) is 142 Å². The van der Waals surface area contributed by atoms with Crippen molar-refractivity contribution >= 4 is 103 Å². The van der Waals surface area contributed by atoms with Gasteiger partial charge in [0.1, 0.15) is 23.3 Å². The number of carbonyl (C=O) groups excluding carboxylic acids is 4. The molecule has 2 aromatic heterocycles. The first-order valence-corrected chi connectivity index (χ1v) is 53.5. The summed E-state index contributed by atoms with van der Waals surface area (Å²) in [5.41, 5.74) is 14.7. The molecular formula is C116H119Cl4F2N17O6S. The standard InChI is InChI=1S/C31H32ClN5O.C30H33ClFN3O.C28H28ClFN4O3S.C27H26ClN5O/c32-27-10-11-29(34-20-27)35-30(38)28-12-15-37(28)31(13-16-36(17-14-31)21-22-4-5-22)26-8-6-24(7-9-26)25-3-1-2-23(18-25)19-33;31-27-20-25(14-15-28(27)32)34-29(36)21-33-30(16-18-35(19-17-30)26-8-4-5-9-26)24-12-10-23(11-13-24)22-6-2-1-3-7-22;1-33(19-27(35)32-24-10-11-26(30)25(29)17-24)28(12-14-34(15-13-28)38(2,36)37)23-8-6-21(7-9-23)22-5-3-4-20(16-22)18-31;28-23-8-9-25(31-18-23)32-26(34)24-10-15-33(24)27(11-13-30-14-12-27)22-6-4-20(5-7-22)21-3-1-2-19(16-21)17-29/h1-3,6-11,18,20,22,28H,4-5,12-17,21H2,(H,34,35,38);1-3,6-7,10-15,20,26,33H,4-5,8-9,16-19,21H2,(H,34,36);3-11,16-17H,12-15,19H2,1-2H3,(H,32,35);1-9,16,18,24,30H,10-15H2,(H,31,32,34). The van der Waals surface area contributed by atoms with Gasteiger partial charge < -0.3 is 36.4 Å². The van der Waals surface area contributed by atoms with Gasteiger partial charge in [-0.15, -0.1) is 0 Å². The van der Waals surface area contributed by atoms with E-state index in [-0.39, 0.29) is 75.5 Å². The molecule has 20 rings (SSSR count). The van der Waals surface area contributed by atoms with Crippen molar-refractivity contribution in [3.05, 3.63) is 344 Å². The van der Waals surface area contributed by atoms with Crippen molar-refractivity contribution in [2.45, 2.75) is 143 Å². The lowest BCUT2D eigenvalue weighted by molar-refractivity contribution is -0.135. The number of nitrogens with zero attached hydrogens (tertiary/aromatic N) is 11. The van der Waals surface area contributed by atoms with E-state index < -0.39 is 27.2 Å². The number of pyridine rings is 2. The van der Waals surface area contributed by atoms with Gasteiger partial charge in [0.25, 0.3) is 0 Å². The van der Waals surface area contributed by atoms with Gasteiger partial charge >= 0.3 is 0 Å². The molecule has 6 N–H and O–H groups in total. The van der Waals surface area contributed by atoms with Gasteiger partial charge in [-0.25, -0.2) is 31.5 Å². The van der Waals surface area contributed by atoms with E-state index >= 15 is 0 Å². The second-order valence-corrected chi connectivity index (χ2v) is 43.0. The van der Waals surface area contributed by atoms with Crippen molar-refractivity contribution in [1.82, 2.24) is 49.4 Å². The Morgan fingerprint density at radius 3 is 1.29 bits per heavy atom. The number of sulfonamides is 1. The minimum Gasteiger partial charge on any atom is -0.325 e. The zero-order chi connectivity index (χ0) is 102. The molecule has 0 bridgehead atoms. The van der Waals surface area contributed by atoms with Gasteiger partial charge in [-0.05, 0) is 280 Å². The molecule has 2 unspecified atom stereocenters. The van der Waals surface area contributed by atoms with Gasteiger partial charge in [-0.3, -0.25) is 39.2 Å². The largest absolute Gasteiger partial charge is 0.325 e. The Morgan fingerprint density at radius 2 is 0.870 bits per heavy atom. The number of anilines is 4. The van der Waals surface area contributed by atoms with Crippen molar-refractivity contribution < 1.29 is 36.4 Å². The molecule has 6 saturated heterocycles. The van der Waals surface area contributed by atoms with E-state index in [9.17, 15) is 52.2 Å². The summed E-state index contributed by atoms with van der Waals surface area (Å²) < 4.78 is 52.8. The quantitative estimate of drug-likeness (QED) is 0.0294. The summed E-state index contributed by atoms with van der Waals surface area (Å²) in [5.74, 6) is 0.357. The molecule has 146 heavy (non-hydrogen) atoms. The predicted octanol–water partition coefficient (Wildman–Crippen LogP) is 21.7. The third-order valence-corrected chi connectivity index (χ3v) is 32.8. The number of carbonyl (C=O) groups is 4. The smallest absolute Gasteiger partial charge is 0.242 e. The number of rotatable bonds is 26. The van der Waals surface area contributed by atoms with Gasteiger partial charge in [0, 0.05) is 111 Å². The first-order chi connectivity index (χ1) is 70.7. The Labute approximate surface area is 873 Å². The number of benzene rings is 10. The second-order valence-electron chi connectivity index (χ2n) is 39.3. The Bertz CT molecular complexity index is 6840.